The molecular formula is C13H10N2O3. The maximum absolute atomic E-state index is 11.3. The maximum atomic E-state index is 11.3. The number of hydrogen-bond donors (Lipinski definition) is 1. The second-order valence-corrected chi connectivity index (χ2v) is 3.72. The van der Waals surface area contributed by atoms with Gasteiger partial charge in [0.25, 0.3) is 5.69 Å². The smallest absolute Gasteiger partial charge is 0.270 e. The van der Waals surface area contributed by atoms with Gasteiger partial charge in [-0.15, -0.1) is 0 Å². The first-order valence-corrected chi connectivity index (χ1v) is 5.23. The van der Waals surface area contributed by atoms with Crippen molar-refractivity contribution in [2.75, 3.05) is 0 Å². The fourth-order valence-corrected chi connectivity index (χ4v) is 1.74. The molecule has 90 valence electrons. The van der Waals surface area contributed by atoms with E-state index in [0.717, 1.165) is 0 Å². The zero-order valence-corrected chi connectivity index (χ0v) is 9.37. The summed E-state index contributed by atoms with van der Waals surface area (Å²) in [7, 11) is 0. The summed E-state index contributed by atoms with van der Waals surface area (Å²) in [6.45, 7) is 0. The Morgan fingerprint density at radius 2 is 1.83 bits per heavy atom. The Labute approximate surface area is 103 Å². The number of rotatable bonds is 3. The van der Waals surface area contributed by atoms with Crippen molar-refractivity contribution in [2.45, 2.75) is 0 Å². The summed E-state index contributed by atoms with van der Waals surface area (Å²) in [5.74, 6) is -0.558. The van der Waals surface area contributed by atoms with Crippen LogP contribution in [0.15, 0.2) is 48.5 Å². The van der Waals surface area contributed by atoms with E-state index in [4.69, 9.17) is 5.73 Å². The number of benzene rings is 2. The van der Waals surface area contributed by atoms with Gasteiger partial charge in [-0.2, -0.15) is 0 Å². The molecule has 0 unspecified atom stereocenters. The lowest BCUT2D eigenvalue weighted by atomic mass is 9.99. The molecule has 0 fully saturated rings. The van der Waals surface area contributed by atoms with Gasteiger partial charge in [-0.1, -0.05) is 30.3 Å². The average Bonchev–Trinajstić information content (AvgIpc) is 2.39. The molecular weight excluding hydrogens is 232 g/mol. The van der Waals surface area contributed by atoms with Crippen LogP contribution in [0.5, 0.6) is 0 Å². The minimum atomic E-state index is -0.558. The predicted octanol–water partition coefficient (Wildman–Crippen LogP) is 2.36. The van der Waals surface area contributed by atoms with E-state index in [1.165, 1.54) is 12.1 Å². The molecule has 2 aromatic rings. The van der Waals surface area contributed by atoms with E-state index in [1.807, 2.05) is 0 Å². The molecule has 0 heterocycles. The molecule has 0 bridgehead atoms. The van der Waals surface area contributed by atoms with Crippen LogP contribution in [0.1, 0.15) is 10.4 Å². The van der Waals surface area contributed by atoms with Crippen molar-refractivity contribution in [3.8, 4) is 11.1 Å². The summed E-state index contributed by atoms with van der Waals surface area (Å²) in [4.78, 5) is 21.5. The SMILES string of the molecule is NC(=O)c1ccccc1-c1cccc([N+](=O)[O-])c1. The third-order valence-corrected chi connectivity index (χ3v) is 2.56. The molecule has 5 nitrogen and oxygen atoms in total. The number of nitro groups is 1. The van der Waals surface area contributed by atoms with E-state index in [0.29, 0.717) is 16.7 Å². The van der Waals surface area contributed by atoms with Crippen LogP contribution in [-0.4, -0.2) is 10.8 Å². The lowest BCUT2D eigenvalue weighted by Crippen LogP contribution is -2.12. The van der Waals surface area contributed by atoms with Gasteiger partial charge in [0.2, 0.25) is 5.91 Å². The van der Waals surface area contributed by atoms with Crippen LogP contribution in [0.2, 0.25) is 0 Å². The molecule has 5 heteroatoms. The van der Waals surface area contributed by atoms with Gasteiger partial charge in [0.1, 0.15) is 0 Å². The summed E-state index contributed by atoms with van der Waals surface area (Å²) < 4.78 is 0. The number of nitro benzene ring substituents is 1. The second-order valence-electron chi connectivity index (χ2n) is 3.72. The van der Waals surface area contributed by atoms with E-state index >= 15 is 0 Å². The summed E-state index contributed by atoms with van der Waals surface area (Å²) in [6, 6.07) is 12.8. The lowest BCUT2D eigenvalue weighted by Gasteiger charge is -2.06. The van der Waals surface area contributed by atoms with E-state index in [1.54, 1.807) is 36.4 Å². The number of hydrogen-bond acceptors (Lipinski definition) is 3. The lowest BCUT2D eigenvalue weighted by molar-refractivity contribution is -0.384. The van der Waals surface area contributed by atoms with Crippen LogP contribution in [0.3, 0.4) is 0 Å². The molecule has 2 N–H and O–H groups in total. The topological polar surface area (TPSA) is 86.2 Å². The first-order chi connectivity index (χ1) is 8.59. The Balaban J connectivity index is 2.58. The Morgan fingerprint density at radius 1 is 1.11 bits per heavy atom. The fourth-order valence-electron chi connectivity index (χ4n) is 1.74. The standard InChI is InChI=1S/C13H10N2O3/c14-13(16)12-7-2-1-6-11(12)9-4-3-5-10(8-9)15(17)18/h1-8H,(H2,14,16). The van der Waals surface area contributed by atoms with E-state index in [2.05, 4.69) is 0 Å². The van der Waals surface area contributed by atoms with Gasteiger partial charge < -0.3 is 5.73 Å². The molecule has 1 amide bonds. The molecule has 0 aliphatic carbocycles. The largest absolute Gasteiger partial charge is 0.366 e. The van der Waals surface area contributed by atoms with E-state index in [-0.39, 0.29) is 5.69 Å². The quantitative estimate of drug-likeness (QED) is 0.662. The molecule has 0 atom stereocenters. The van der Waals surface area contributed by atoms with Crippen LogP contribution >= 0.6 is 0 Å². The number of carbonyl (C=O) groups is 1. The number of carbonyl (C=O) groups excluding carboxylic acids is 1. The second kappa shape index (κ2) is 4.67. The monoisotopic (exact) mass is 242 g/mol. The Bertz CT molecular complexity index is 623. The van der Waals surface area contributed by atoms with Crippen molar-refractivity contribution >= 4 is 11.6 Å². The minimum absolute atomic E-state index is 0.0215. The summed E-state index contributed by atoms with van der Waals surface area (Å²) in [5.41, 5.74) is 6.79. The van der Waals surface area contributed by atoms with Gasteiger partial charge in [0.05, 0.1) is 4.92 Å². The summed E-state index contributed by atoms with van der Waals surface area (Å²) >= 11 is 0. The first-order valence-electron chi connectivity index (χ1n) is 5.23. The van der Waals surface area contributed by atoms with Crippen molar-refractivity contribution in [2.24, 2.45) is 5.73 Å². The van der Waals surface area contributed by atoms with Gasteiger partial charge in [-0.05, 0) is 17.2 Å². The molecule has 0 radical (unpaired) electrons. The number of amides is 1. The number of nitrogens with two attached hydrogens (primary N) is 1. The van der Waals surface area contributed by atoms with Crippen molar-refractivity contribution in [1.29, 1.82) is 0 Å². The van der Waals surface area contributed by atoms with E-state index < -0.39 is 10.8 Å². The minimum Gasteiger partial charge on any atom is -0.366 e. The third kappa shape index (κ3) is 2.20. The Kier molecular flexibility index (Phi) is 3.05. The summed E-state index contributed by atoms with van der Waals surface area (Å²) in [5, 5.41) is 10.7. The predicted molar refractivity (Wildman–Crippen MR) is 67.1 cm³/mol. The van der Waals surface area contributed by atoms with E-state index in [9.17, 15) is 14.9 Å². The van der Waals surface area contributed by atoms with Gasteiger partial charge in [0.15, 0.2) is 0 Å². The highest BCUT2D eigenvalue weighted by molar-refractivity contribution is 5.99. The van der Waals surface area contributed by atoms with Crippen molar-refractivity contribution in [1.82, 2.24) is 0 Å². The number of primary amides is 1. The highest BCUT2D eigenvalue weighted by Crippen LogP contribution is 2.26. The molecule has 0 aliphatic heterocycles. The third-order valence-electron chi connectivity index (χ3n) is 2.56. The normalized spacial score (nSPS) is 10.0. The zero-order chi connectivity index (χ0) is 13.1. The van der Waals surface area contributed by atoms with Crippen molar-refractivity contribution in [3.63, 3.8) is 0 Å². The molecule has 18 heavy (non-hydrogen) atoms. The Hall–Kier alpha value is -2.69. The highest BCUT2D eigenvalue weighted by atomic mass is 16.6. The molecule has 0 aliphatic rings. The molecule has 0 aromatic heterocycles. The van der Waals surface area contributed by atoms with Gasteiger partial charge in [-0.25, -0.2) is 0 Å². The molecule has 0 spiro atoms. The van der Waals surface area contributed by atoms with Crippen LogP contribution in [-0.2, 0) is 0 Å². The summed E-state index contributed by atoms with van der Waals surface area (Å²) in [6.07, 6.45) is 0. The average molecular weight is 242 g/mol. The van der Waals surface area contributed by atoms with Crippen molar-refractivity contribution < 1.29 is 9.72 Å². The fraction of sp³-hybridized carbons (Fsp3) is 0. The van der Waals surface area contributed by atoms with Gasteiger partial charge in [-0.3, -0.25) is 14.9 Å². The van der Waals surface area contributed by atoms with Crippen LogP contribution in [0, 0.1) is 10.1 Å². The first kappa shape index (κ1) is 11.8. The zero-order valence-electron chi connectivity index (χ0n) is 9.37. The maximum Gasteiger partial charge on any atom is 0.270 e. The molecule has 2 aromatic carbocycles. The molecule has 0 saturated heterocycles. The van der Waals surface area contributed by atoms with Gasteiger partial charge >= 0.3 is 0 Å². The molecule has 0 saturated carbocycles. The number of nitrogens with zero attached hydrogens (tertiary/aromatic N) is 1. The Morgan fingerprint density at radius 3 is 2.50 bits per heavy atom. The van der Waals surface area contributed by atoms with Crippen LogP contribution in [0.25, 0.3) is 11.1 Å². The van der Waals surface area contributed by atoms with Crippen LogP contribution < -0.4 is 5.73 Å². The molecule has 2 rings (SSSR count). The van der Waals surface area contributed by atoms with Gasteiger partial charge in [0, 0.05) is 17.7 Å². The van der Waals surface area contributed by atoms with Crippen LogP contribution in [0.4, 0.5) is 5.69 Å². The highest BCUT2D eigenvalue weighted by Gasteiger charge is 2.12. The number of non-ortho nitro benzene ring substituents is 1. The van der Waals surface area contributed by atoms with Crippen molar-refractivity contribution in [3.05, 3.63) is 64.2 Å².